The van der Waals surface area contributed by atoms with Crippen LogP contribution < -0.4 is 34.6 Å². The molecule has 5 atom stereocenters. The Balaban J connectivity index is -0.00000167. The van der Waals surface area contributed by atoms with Crippen molar-refractivity contribution in [3.8, 4) is 0 Å². The molecule has 0 aromatic rings. The van der Waals surface area contributed by atoms with E-state index >= 15 is 0 Å². The second kappa shape index (κ2) is 30.5. The van der Waals surface area contributed by atoms with Crippen molar-refractivity contribution in [2.45, 2.75) is 85.9 Å². The van der Waals surface area contributed by atoms with Gasteiger partial charge >= 0.3 is 23.9 Å². The van der Waals surface area contributed by atoms with Crippen molar-refractivity contribution in [1.29, 1.82) is 0 Å². The first-order valence-corrected chi connectivity index (χ1v) is 16.8. The molecular weight excluding hydrogens is 648 g/mol. The highest BCUT2D eigenvalue weighted by molar-refractivity contribution is 6.27. The van der Waals surface area contributed by atoms with Crippen LogP contribution in [0, 0.1) is 23.2 Å². The fraction of sp³-hybridized carbons (Fsp3) is 0.808. The lowest BCUT2D eigenvalue weighted by Crippen LogP contribution is -2.61. The molecule has 0 saturated carbocycles. The van der Waals surface area contributed by atoms with Crippen molar-refractivity contribution in [2.75, 3.05) is 26.4 Å². The lowest BCUT2D eigenvalue weighted by molar-refractivity contribution is -0.298. The van der Waals surface area contributed by atoms with Crippen LogP contribution in [0.15, 0.2) is 0 Å². The second-order valence-corrected chi connectivity index (χ2v) is 11.0. The summed E-state index contributed by atoms with van der Waals surface area (Å²) in [5.74, 6) is 7.34. The van der Waals surface area contributed by atoms with E-state index in [0.29, 0.717) is 32.3 Å². The summed E-state index contributed by atoms with van der Waals surface area (Å²) in [6.07, 6.45) is -0.388. The number of hydrogen-bond donors (Lipinski definition) is 7. The van der Waals surface area contributed by atoms with E-state index in [-0.39, 0.29) is 6.54 Å². The van der Waals surface area contributed by atoms with Crippen LogP contribution in [-0.4, -0.2) is 77.4 Å². The van der Waals surface area contributed by atoms with Crippen LogP contribution in [0.4, 0.5) is 0 Å². The summed E-state index contributed by atoms with van der Waals surface area (Å²) in [6.45, 7) is 13.2. The molecule has 0 spiro atoms. The molecule has 0 saturated heterocycles. The SMILES string of the molecule is CCCC.CCOOCC.CCO[SiH2]CCCNC(=O)[C@@](CC)(C(=O)ON)[C@@H](C(=O)ON)C(C(N)OO)[C@H](CC(=O)ON)C(=O)ON. The largest absolute Gasteiger partial charge is 0.424 e. The van der Waals surface area contributed by atoms with Crippen LogP contribution in [0.2, 0.25) is 6.04 Å². The molecule has 0 aliphatic heterocycles. The first-order valence-electron chi connectivity index (χ1n) is 15.2. The van der Waals surface area contributed by atoms with E-state index in [1.165, 1.54) is 19.8 Å². The molecule has 0 aromatic heterocycles. The molecule has 0 aromatic carbocycles. The average molecular weight is 705 g/mol. The van der Waals surface area contributed by atoms with E-state index in [2.05, 4.69) is 53.2 Å². The second-order valence-electron chi connectivity index (χ2n) is 9.50. The third-order valence-corrected chi connectivity index (χ3v) is 8.13. The molecule has 0 bridgehead atoms. The van der Waals surface area contributed by atoms with Crippen molar-refractivity contribution >= 4 is 39.5 Å². The molecule has 0 radical (unpaired) electrons. The van der Waals surface area contributed by atoms with Crippen LogP contribution in [0.5, 0.6) is 0 Å². The van der Waals surface area contributed by atoms with Crippen molar-refractivity contribution < 1.29 is 67.7 Å². The molecule has 47 heavy (non-hydrogen) atoms. The van der Waals surface area contributed by atoms with Gasteiger partial charge in [0.2, 0.25) is 5.91 Å². The smallest absolute Gasteiger partial charge is 0.340 e. The Labute approximate surface area is 277 Å². The first-order chi connectivity index (χ1) is 22.4. The minimum atomic E-state index is -2.57. The summed E-state index contributed by atoms with van der Waals surface area (Å²) in [5, 5.41) is 11.8. The number of hydrogen-bond acceptors (Lipinski definition) is 19. The molecule has 21 heteroatoms. The summed E-state index contributed by atoms with van der Waals surface area (Å²) in [5.41, 5.74) is 3.24. The molecule has 0 rings (SSSR count). The molecular formula is C26H56N6O14Si. The molecule has 0 fully saturated rings. The van der Waals surface area contributed by atoms with Gasteiger partial charge in [0.15, 0.2) is 15.2 Å². The number of carbonyl (C=O) groups is 5. The molecule has 20 nitrogen and oxygen atoms in total. The molecule has 0 aliphatic carbocycles. The molecule has 1 amide bonds. The highest BCUT2D eigenvalue weighted by atomic mass is 28.2. The summed E-state index contributed by atoms with van der Waals surface area (Å²) in [6, 6.07) is 0.681. The van der Waals surface area contributed by atoms with Crippen LogP contribution in [0.3, 0.4) is 0 Å². The fourth-order valence-corrected chi connectivity index (χ4v) is 5.11. The maximum Gasteiger partial charge on any atom is 0.340 e. The fourth-order valence-electron chi connectivity index (χ4n) is 4.16. The normalized spacial score (nSPS) is 14.5. The summed E-state index contributed by atoms with van der Waals surface area (Å²) in [4.78, 5) is 94.0. The van der Waals surface area contributed by atoms with Crippen LogP contribution >= 0.6 is 0 Å². The van der Waals surface area contributed by atoms with E-state index in [1.54, 1.807) is 0 Å². The van der Waals surface area contributed by atoms with Crippen LogP contribution in [0.25, 0.3) is 0 Å². The van der Waals surface area contributed by atoms with E-state index in [1.807, 2.05) is 20.8 Å². The van der Waals surface area contributed by atoms with Crippen molar-refractivity contribution in [3.05, 3.63) is 0 Å². The first kappa shape index (κ1) is 48.6. The minimum Gasteiger partial charge on any atom is -0.424 e. The Morgan fingerprint density at radius 1 is 0.809 bits per heavy atom. The maximum absolute atomic E-state index is 13.5. The third kappa shape index (κ3) is 17.8. The molecule has 12 N–H and O–H groups in total. The van der Waals surface area contributed by atoms with Gasteiger partial charge in [-0.05, 0) is 39.7 Å². The van der Waals surface area contributed by atoms with Gasteiger partial charge in [0, 0.05) is 19.1 Å². The van der Waals surface area contributed by atoms with Gasteiger partial charge in [-0.15, -0.1) is 0 Å². The van der Waals surface area contributed by atoms with Gasteiger partial charge in [0.1, 0.15) is 6.23 Å². The number of nitrogens with two attached hydrogens (primary N) is 5. The van der Waals surface area contributed by atoms with Crippen molar-refractivity contribution in [1.82, 2.24) is 5.32 Å². The number of rotatable bonds is 22. The van der Waals surface area contributed by atoms with Crippen LogP contribution in [0.1, 0.15) is 73.6 Å². The standard InChI is InChI=1S/C18H36N6O12Si.C4H10O2.C4H10/c1-3-18(17(29)35-23,16(28)24-6-5-7-37-31-4-2)12(15(27)34-22)11(13(19)36-30)9(14(26)33-21)8-10(25)32-20;1-3-5-6-4-2;1-3-4-2/h9,11-13,30H,3-8,19-23,37H2,1-2H3,(H,24,28);3-4H2,1-2H3;3-4H2,1-2H3/t9-,11?,12+,13?,18-;;/m0../s1. The predicted octanol–water partition coefficient (Wildman–Crippen LogP) is -1.11. The van der Waals surface area contributed by atoms with Crippen LogP contribution in [-0.2, 0) is 62.4 Å². The van der Waals surface area contributed by atoms with Crippen molar-refractivity contribution in [2.24, 2.45) is 52.5 Å². The van der Waals surface area contributed by atoms with E-state index in [0.717, 1.165) is 0 Å². The van der Waals surface area contributed by atoms with Gasteiger partial charge in [-0.3, -0.25) is 24.4 Å². The molecule has 0 aliphatic rings. The van der Waals surface area contributed by atoms with E-state index < -0.39 is 81.8 Å². The maximum atomic E-state index is 13.5. The number of unbranched alkanes of at least 4 members (excludes halogenated alkanes) is 1. The van der Waals surface area contributed by atoms with Gasteiger partial charge in [-0.1, -0.05) is 33.6 Å². The molecule has 278 valence electrons. The van der Waals surface area contributed by atoms with Gasteiger partial charge in [0.25, 0.3) is 0 Å². The lowest BCUT2D eigenvalue weighted by atomic mass is 9.62. The summed E-state index contributed by atoms with van der Waals surface area (Å²) < 4.78 is 5.35. The highest BCUT2D eigenvalue weighted by Gasteiger charge is 2.62. The highest BCUT2D eigenvalue weighted by Crippen LogP contribution is 2.44. The van der Waals surface area contributed by atoms with Gasteiger partial charge in [0.05, 0.1) is 31.5 Å². The van der Waals surface area contributed by atoms with Crippen molar-refractivity contribution in [3.63, 3.8) is 0 Å². The Bertz CT molecular complexity index is 872. The minimum absolute atomic E-state index is 0.0455. The zero-order chi connectivity index (χ0) is 36.8. The molecule has 2 unspecified atom stereocenters. The number of amides is 1. The topological polar surface area (TPSA) is 322 Å². The Morgan fingerprint density at radius 3 is 1.74 bits per heavy atom. The summed E-state index contributed by atoms with van der Waals surface area (Å²) >= 11 is 0. The molecule has 0 heterocycles. The quantitative estimate of drug-likeness (QED) is 0.0175. The Hall–Kier alpha value is -2.83. The lowest BCUT2D eigenvalue weighted by Gasteiger charge is -2.41. The van der Waals surface area contributed by atoms with Gasteiger partial charge in [-0.25, -0.2) is 19.5 Å². The van der Waals surface area contributed by atoms with E-state index in [4.69, 9.17) is 33.7 Å². The number of carbonyl (C=O) groups excluding carboxylic acids is 5. The Morgan fingerprint density at radius 2 is 1.36 bits per heavy atom. The zero-order valence-electron chi connectivity index (χ0n) is 28.2. The average Bonchev–Trinajstić information content (AvgIpc) is 3.10. The predicted molar refractivity (Wildman–Crippen MR) is 167 cm³/mol. The van der Waals surface area contributed by atoms with Gasteiger partial charge < -0.3 is 34.8 Å². The third-order valence-electron chi connectivity index (χ3n) is 6.65. The van der Waals surface area contributed by atoms with E-state index in [9.17, 15) is 29.2 Å². The number of nitrogens with one attached hydrogen (secondary N) is 1. The summed E-state index contributed by atoms with van der Waals surface area (Å²) in [7, 11) is -0.820. The van der Waals surface area contributed by atoms with Gasteiger partial charge in [-0.2, -0.15) is 23.6 Å². The monoisotopic (exact) mass is 704 g/mol. The zero-order valence-corrected chi connectivity index (χ0v) is 29.6. The Kier molecular flexibility index (Phi) is 31.5.